The van der Waals surface area contributed by atoms with Gasteiger partial charge in [0.25, 0.3) is 0 Å². The van der Waals surface area contributed by atoms with Gasteiger partial charge in [-0.3, -0.25) is 0 Å². The van der Waals surface area contributed by atoms with E-state index in [2.05, 4.69) is 4.72 Å². The Bertz CT molecular complexity index is 1060. The van der Waals surface area contributed by atoms with E-state index in [1.807, 2.05) is 48.5 Å². The van der Waals surface area contributed by atoms with Crippen molar-refractivity contribution < 1.29 is 27.0 Å². The summed E-state index contributed by atoms with van der Waals surface area (Å²) in [4.78, 5) is 4.73. The molecule has 196 valence electrons. The standard InChI is InChI=1S/C24H37BF3N3O3S/c1-20(2,3)14-31-13-16(18(24(26,27)28)30-35(32)21(4,5)6)15-11-12-17(29-19(15)31)25-33-22(7,8)23(9,10)34-25/h11-13,18,30H,14H2,1-10H3/t18-,35?/m0/s1. The lowest BCUT2D eigenvalue weighted by molar-refractivity contribution is -0.152. The molecule has 3 heterocycles. The predicted molar refractivity (Wildman–Crippen MR) is 135 cm³/mol. The molecule has 1 aliphatic rings. The summed E-state index contributed by atoms with van der Waals surface area (Å²) in [5.74, 6) is 0. The van der Waals surface area contributed by atoms with Crippen molar-refractivity contribution in [1.82, 2.24) is 14.3 Å². The number of aromatic nitrogens is 2. The fourth-order valence-corrected chi connectivity index (χ4v) is 4.58. The Labute approximate surface area is 209 Å². The number of pyridine rings is 1. The molecule has 1 fully saturated rings. The lowest BCUT2D eigenvalue weighted by Crippen LogP contribution is -2.45. The van der Waals surface area contributed by atoms with Crippen LogP contribution in [0.15, 0.2) is 18.3 Å². The van der Waals surface area contributed by atoms with Gasteiger partial charge in [0.1, 0.15) is 10.4 Å². The van der Waals surface area contributed by atoms with E-state index in [9.17, 15) is 17.7 Å². The molecular formula is C24H37BF3N3O3S. The summed E-state index contributed by atoms with van der Waals surface area (Å²) in [5, 5.41) is 0.343. The molecule has 3 rings (SSSR count). The third kappa shape index (κ3) is 6.01. The van der Waals surface area contributed by atoms with Crippen LogP contribution in [0.2, 0.25) is 0 Å². The third-order valence-corrected chi connectivity index (χ3v) is 7.90. The zero-order chi connectivity index (χ0) is 26.8. The van der Waals surface area contributed by atoms with Gasteiger partial charge < -0.3 is 18.4 Å². The van der Waals surface area contributed by atoms with Crippen LogP contribution in [0, 0.1) is 5.41 Å². The van der Waals surface area contributed by atoms with Crippen molar-refractivity contribution in [3.63, 3.8) is 0 Å². The zero-order valence-electron chi connectivity index (χ0n) is 22.3. The number of hydrogen-bond acceptors (Lipinski definition) is 5. The number of nitrogens with one attached hydrogen (secondary N) is 1. The first-order valence-corrected chi connectivity index (χ1v) is 12.9. The second-order valence-electron chi connectivity index (χ2n) is 12.4. The van der Waals surface area contributed by atoms with E-state index in [0.717, 1.165) is 0 Å². The number of nitrogens with zero attached hydrogens (tertiary/aromatic N) is 2. The first-order valence-electron chi connectivity index (χ1n) is 11.7. The monoisotopic (exact) mass is 515 g/mol. The Morgan fingerprint density at radius 1 is 1.06 bits per heavy atom. The van der Waals surface area contributed by atoms with Gasteiger partial charge in [0.15, 0.2) is 6.04 Å². The molecule has 0 spiro atoms. The fourth-order valence-electron chi connectivity index (χ4n) is 3.75. The van der Waals surface area contributed by atoms with Crippen LogP contribution in [0.25, 0.3) is 11.0 Å². The van der Waals surface area contributed by atoms with Crippen LogP contribution in [-0.2, 0) is 27.2 Å². The van der Waals surface area contributed by atoms with Gasteiger partial charge in [-0.25, -0.2) is 4.98 Å². The number of alkyl halides is 3. The minimum atomic E-state index is -4.66. The van der Waals surface area contributed by atoms with Gasteiger partial charge in [-0.1, -0.05) is 20.8 Å². The molecule has 1 N–H and O–H groups in total. The maximum Gasteiger partial charge on any atom is 0.514 e. The number of rotatable bonds is 5. The first kappa shape index (κ1) is 28.3. The number of hydrogen-bond donors (Lipinski definition) is 1. The Kier molecular flexibility index (Phi) is 7.23. The van der Waals surface area contributed by atoms with Crippen LogP contribution >= 0.6 is 0 Å². The van der Waals surface area contributed by atoms with E-state index in [1.165, 1.54) is 6.20 Å². The maximum atomic E-state index is 14.3. The van der Waals surface area contributed by atoms with Gasteiger partial charge in [0, 0.05) is 35.1 Å². The first-order chi connectivity index (χ1) is 15.6. The topological polar surface area (TPSA) is 71.4 Å². The van der Waals surface area contributed by atoms with Crippen LogP contribution in [0.5, 0.6) is 0 Å². The second-order valence-corrected chi connectivity index (χ2v) is 14.4. The van der Waals surface area contributed by atoms with Crippen molar-refractivity contribution in [3.8, 4) is 0 Å². The zero-order valence-corrected chi connectivity index (χ0v) is 23.1. The molecule has 0 saturated carbocycles. The number of halogens is 3. The van der Waals surface area contributed by atoms with E-state index < -0.39 is 46.6 Å². The highest BCUT2D eigenvalue weighted by Gasteiger charge is 2.53. The lowest BCUT2D eigenvalue weighted by Gasteiger charge is -2.32. The average Bonchev–Trinajstić information content (AvgIpc) is 3.09. The van der Waals surface area contributed by atoms with Crippen molar-refractivity contribution in [2.24, 2.45) is 5.41 Å². The van der Waals surface area contributed by atoms with Crippen molar-refractivity contribution in [2.45, 2.75) is 104 Å². The molecule has 0 bridgehead atoms. The molecule has 2 aromatic heterocycles. The normalized spacial score (nSPS) is 20.5. The SMILES string of the molecule is CC(C)(C)Cn1cc([C@H](N[S+]([O-])C(C)(C)C)C(F)(F)F)c2ccc(B3OC(C)(C)C(C)(C)O3)nc21. The predicted octanol–water partition coefficient (Wildman–Crippen LogP) is 5.04. The van der Waals surface area contributed by atoms with Crippen molar-refractivity contribution in [3.05, 3.63) is 23.9 Å². The van der Waals surface area contributed by atoms with Gasteiger partial charge in [-0.2, -0.15) is 13.2 Å². The average molecular weight is 515 g/mol. The van der Waals surface area contributed by atoms with E-state index in [1.54, 1.807) is 37.5 Å². The summed E-state index contributed by atoms with van der Waals surface area (Å²) in [6.45, 7) is 19.1. The summed E-state index contributed by atoms with van der Waals surface area (Å²) in [6.07, 6.45) is -3.19. The van der Waals surface area contributed by atoms with Gasteiger partial charge in [0.05, 0.1) is 16.8 Å². The molecule has 1 aliphatic heterocycles. The van der Waals surface area contributed by atoms with Gasteiger partial charge >= 0.3 is 13.3 Å². The maximum absolute atomic E-state index is 14.3. The molecule has 2 aromatic rings. The quantitative estimate of drug-likeness (QED) is 0.447. The van der Waals surface area contributed by atoms with Crippen molar-refractivity contribution in [1.29, 1.82) is 0 Å². The van der Waals surface area contributed by atoms with Gasteiger partial charge in [-0.05, 0) is 66.0 Å². The summed E-state index contributed by atoms with van der Waals surface area (Å²) < 4.78 is 70.9. The van der Waals surface area contributed by atoms with E-state index in [0.29, 0.717) is 23.2 Å². The van der Waals surface area contributed by atoms with Crippen LogP contribution in [0.4, 0.5) is 13.2 Å². The molecule has 0 amide bonds. The minimum absolute atomic E-state index is 0.0117. The molecule has 11 heteroatoms. The molecule has 6 nitrogen and oxygen atoms in total. The Balaban J connectivity index is 2.14. The summed E-state index contributed by atoms with van der Waals surface area (Å²) >= 11 is -1.93. The highest BCUT2D eigenvalue weighted by molar-refractivity contribution is 7.90. The fraction of sp³-hybridized carbons (Fsp3) is 0.708. The van der Waals surface area contributed by atoms with Crippen LogP contribution in [-0.4, -0.2) is 43.3 Å². The molecular weight excluding hydrogens is 478 g/mol. The third-order valence-electron chi connectivity index (χ3n) is 6.33. The summed E-state index contributed by atoms with van der Waals surface area (Å²) in [6, 6.07) is 1.15. The Hall–Kier alpha value is -1.27. The lowest BCUT2D eigenvalue weighted by atomic mass is 9.84. The van der Waals surface area contributed by atoms with Gasteiger partial charge in [-0.15, -0.1) is 4.72 Å². The highest BCUT2D eigenvalue weighted by atomic mass is 32.2. The molecule has 0 radical (unpaired) electrons. The Morgan fingerprint density at radius 3 is 2.06 bits per heavy atom. The molecule has 35 heavy (non-hydrogen) atoms. The Morgan fingerprint density at radius 2 is 1.60 bits per heavy atom. The van der Waals surface area contributed by atoms with Gasteiger partial charge in [0.2, 0.25) is 0 Å². The molecule has 0 aliphatic carbocycles. The second kappa shape index (κ2) is 8.94. The smallest absolute Gasteiger partial charge is 0.514 e. The van der Waals surface area contributed by atoms with Crippen molar-refractivity contribution >= 4 is 35.1 Å². The van der Waals surface area contributed by atoms with E-state index >= 15 is 0 Å². The molecule has 0 aromatic carbocycles. The largest absolute Gasteiger partial charge is 0.598 e. The van der Waals surface area contributed by atoms with E-state index in [4.69, 9.17) is 14.3 Å². The molecule has 1 unspecified atom stereocenters. The van der Waals surface area contributed by atoms with Crippen molar-refractivity contribution in [2.75, 3.05) is 0 Å². The summed E-state index contributed by atoms with van der Waals surface area (Å²) in [5.41, 5.74) is -0.488. The highest BCUT2D eigenvalue weighted by Crippen LogP contribution is 2.40. The minimum Gasteiger partial charge on any atom is -0.598 e. The molecule has 2 atom stereocenters. The number of fused-ring (bicyclic) bond motifs is 1. The summed E-state index contributed by atoms with van der Waals surface area (Å²) in [7, 11) is -0.740. The van der Waals surface area contributed by atoms with Crippen LogP contribution in [0.3, 0.4) is 0 Å². The van der Waals surface area contributed by atoms with Crippen LogP contribution in [0.1, 0.15) is 80.8 Å². The molecule has 1 saturated heterocycles. The van der Waals surface area contributed by atoms with Crippen LogP contribution < -0.4 is 10.3 Å². The van der Waals surface area contributed by atoms with E-state index in [-0.39, 0.29) is 11.0 Å².